The molecule has 0 radical (unpaired) electrons. The molecule has 1 N–H and O–H groups in total. The van der Waals surface area contributed by atoms with Crippen molar-refractivity contribution in [3.63, 3.8) is 0 Å². The first-order valence-electron chi connectivity index (χ1n) is 10.8. The number of nitrogens with one attached hydrogen (secondary N) is 1. The molecule has 2 saturated heterocycles. The van der Waals surface area contributed by atoms with E-state index in [-0.39, 0.29) is 22.5 Å². The van der Waals surface area contributed by atoms with Crippen LogP contribution >= 0.6 is 11.8 Å². The number of thioether (sulfide) groups is 1. The first-order valence-corrected chi connectivity index (χ1v) is 11.6. The fraction of sp³-hybridized carbons (Fsp3) is 0.417. The summed E-state index contributed by atoms with van der Waals surface area (Å²) >= 11 is 1.06. The second kappa shape index (κ2) is 10.3. The molecule has 2 heterocycles. The number of ether oxygens (including phenoxy) is 2. The number of amides is 2. The number of carbonyl (C=O) groups is 2. The van der Waals surface area contributed by atoms with Crippen LogP contribution < -0.4 is 10.1 Å². The average Bonchev–Trinajstić information content (AvgIpc) is 3.12. The summed E-state index contributed by atoms with van der Waals surface area (Å²) < 4.78 is 12.1. The quantitative estimate of drug-likeness (QED) is 0.673. The van der Waals surface area contributed by atoms with Crippen molar-refractivity contribution in [1.82, 2.24) is 10.2 Å². The molecule has 0 aliphatic carbocycles. The van der Waals surface area contributed by atoms with Gasteiger partial charge in [-0.25, -0.2) is 0 Å². The zero-order valence-electron chi connectivity index (χ0n) is 17.7. The third kappa shape index (κ3) is 5.67. The van der Waals surface area contributed by atoms with Gasteiger partial charge in [0.1, 0.15) is 12.4 Å². The van der Waals surface area contributed by atoms with Crippen LogP contribution in [0, 0.1) is 0 Å². The Labute approximate surface area is 187 Å². The Morgan fingerprint density at radius 1 is 1.16 bits per heavy atom. The molecule has 2 fully saturated rings. The Balaban J connectivity index is 1.30. The smallest absolute Gasteiger partial charge is 0.286 e. The van der Waals surface area contributed by atoms with Crippen molar-refractivity contribution in [2.75, 3.05) is 26.3 Å². The van der Waals surface area contributed by atoms with Crippen LogP contribution in [0.1, 0.15) is 30.6 Å². The maximum atomic E-state index is 11.7. The highest BCUT2D eigenvalue weighted by Gasteiger charge is 2.31. The Kier molecular flexibility index (Phi) is 7.27. The molecule has 2 aliphatic rings. The van der Waals surface area contributed by atoms with E-state index in [2.05, 4.69) is 41.4 Å². The molecule has 3 unspecified atom stereocenters. The van der Waals surface area contributed by atoms with Gasteiger partial charge in [0.15, 0.2) is 0 Å². The standard InChI is InChI=1S/C24H28N2O4S/c1-2-19(26-12-13-29-21(15-26)18-6-4-3-5-7-18)16-30-20-10-8-17(9-11-20)14-22-23(27)25-24(28)31-22/h3-11,19,21-22H,2,12-16H2,1H3,(H,25,27,28). The Morgan fingerprint density at radius 3 is 2.61 bits per heavy atom. The van der Waals surface area contributed by atoms with Crippen molar-refractivity contribution >= 4 is 22.9 Å². The van der Waals surface area contributed by atoms with Crippen LogP contribution in [0.15, 0.2) is 54.6 Å². The highest BCUT2D eigenvalue weighted by atomic mass is 32.2. The van der Waals surface area contributed by atoms with Gasteiger partial charge in [0.2, 0.25) is 5.91 Å². The highest BCUT2D eigenvalue weighted by Crippen LogP contribution is 2.26. The molecule has 2 aromatic rings. The summed E-state index contributed by atoms with van der Waals surface area (Å²) in [6.45, 7) is 5.30. The minimum absolute atomic E-state index is 0.0980. The Hall–Kier alpha value is -2.35. The number of hydrogen-bond acceptors (Lipinski definition) is 6. The molecule has 0 aromatic heterocycles. The molecule has 0 spiro atoms. The lowest BCUT2D eigenvalue weighted by atomic mass is 10.1. The van der Waals surface area contributed by atoms with E-state index in [0.717, 1.165) is 49.2 Å². The largest absolute Gasteiger partial charge is 0.492 e. The van der Waals surface area contributed by atoms with E-state index < -0.39 is 0 Å². The van der Waals surface area contributed by atoms with Crippen LogP contribution in [0.25, 0.3) is 0 Å². The van der Waals surface area contributed by atoms with E-state index in [9.17, 15) is 9.59 Å². The van der Waals surface area contributed by atoms with E-state index in [1.807, 2.05) is 30.3 Å². The average molecular weight is 441 g/mol. The van der Waals surface area contributed by atoms with Gasteiger partial charge < -0.3 is 9.47 Å². The third-order valence-corrected chi connectivity index (χ3v) is 6.79. The Morgan fingerprint density at radius 2 is 1.94 bits per heavy atom. The van der Waals surface area contributed by atoms with Gasteiger partial charge in [0, 0.05) is 19.1 Å². The number of imide groups is 1. The number of benzene rings is 2. The summed E-state index contributed by atoms with van der Waals surface area (Å²) in [6.07, 6.45) is 1.64. The molecule has 31 heavy (non-hydrogen) atoms. The molecule has 3 atom stereocenters. The minimum atomic E-state index is -0.345. The first-order chi connectivity index (χ1) is 15.1. The number of carbonyl (C=O) groups excluding carboxylic acids is 2. The molecular weight excluding hydrogens is 412 g/mol. The van der Waals surface area contributed by atoms with Gasteiger partial charge in [-0.1, -0.05) is 61.2 Å². The van der Waals surface area contributed by atoms with Crippen molar-refractivity contribution in [2.45, 2.75) is 37.2 Å². The second-order valence-corrected chi connectivity index (χ2v) is 9.04. The van der Waals surface area contributed by atoms with E-state index >= 15 is 0 Å². The molecule has 2 amide bonds. The van der Waals surface area contributed by atoms with Crippen molar-refractivity contribution in [1.29, 1.82) is 0 Å². The number of morpholine rings is 1. The topological polar surface area (TPSA) is 67.9 Å². The van der Waals surface area contributed by atoms with Gasteiger partial charge in [0.25, 0.3) is 5.24 Å². The highest BCUT2D eigenvalue weighted by molar-refractivity contribution is 8.15. The lowest BCUT2D eigenvalue weighted by Crippen LogP contribution is -2.47. The lowest BCUT2D eigenvalue weighted by Gasteiger charge is -2.38. The number of nitrogens with zero attached hydrogens (tertiary/aromatic N) is 1. The molecular formula is C24H28N2O4S. The predicted octanol–water partition coefficient (Wildman–Crippen LogP) is 3.81. The summed E-state index contributed by atoms with van der Waals surface area (Å²) in [5.74, 6) is 0.607. The van der Waals surface area contributed by atoms with Crippen LogP contribution in [0.4, 0.5) is 4.79 Å². The molecule has 164 valence electrons. The van der Waals surface area contributed by atoms with E-state index in [1.54, 1.807) is 0 Å². The first kappa shape index (κ1) is 21.9. The minimum Gasteiger partial charge on any atom is -0.492 e. The molecule has 2 aliphatic heterocycles. The molecule has 6 nitrogen and oxygen atoms in total. The summed E-state index contributed by atoms with van der Waals surface area (Å²) in [7, 11) is 0. The van der Waals surface area contributed by atoms with Crippen molar-refractivity contribution < 1.29 is 19.1 Å². The predicted molar refractivity (Wildman–Crippen MR) is 121 cm³/mol. The normalized spacial score (nSPS) is 22.9. The van der Waals surface area contributed by atoms with Gasteiger partial charge in [-0.05, 0) is 36.1 Å². The molecule has 0 bridgehead atoms. The lowest BCUT2D eigenvalue weighted by molar-refractivity contribution is -0.118. The maximum Gasteiger partial charge on any atom is 0.286 e. The second-order valence-electron chi connectivity index (χ2n) is 7.87. The van der Waals surface area contributed by atoms with Crippen LogP contribution in [0.5, 0.6) is 5.75 Å². The van der Waals surface area contributed by atoms with E-state index in [1.165, 1.54) is 5.56 Å². The van der Waals surface area contributed by atoms with Gasteiger partial charge >= 0.3 is 0 Å². The molecule has 0 saturated carbocycles. The summed E-state index contributed by atoms with van der Waals surface area (Å²) in [5.41, 5.74) is 2.23. The van der Waals surface area contributed by atoms with E-state index in [0.29, 0.717) is 19.1 Å². The van der Waals surface area contributed by atoms with Gasteiger partial charge in [-0.2, -0.15) is 0 Å². The van der Waals surface area contributed by atoms with Crippen molar-refractivity contribution in [3.05, 3.63) is 65.7 Å². The van der Waals surface area contributed by atoms with E-state index in [4.69, 9.17) is 9.47 Å². The molecule has 4 rings (SSSR count). The number of hydrogen-bond donors (Lipinski definition) is 1. The maximum absolute atomic E-state index is 11.7. The van der Waals surface area contributed by atoms with Gasteiger partial charge in [0.05, 0.1) is 18.0 Å². The molecule has 7 heteroatoms. The van der Waals surface area contributed by atoms with Gasteiger partial charge in [-0.15, -0.1) is 0 Å². The third-order valence-electron chi connectivity index (χ3n) is 5.81. The van der Waals surface area contributed by atoms with Crippen LogP contribution in [-0.4, -0.2) is 53.6 Å². The summed E-state index contributed by atoms with van der Waals surface area (Å²) in [4.78, 5) is 25.5. The van der Waals surface area contributed by atoms with Crippen LogP contribution in [0.2, 0.25) is 0 Å². The number of rotatable bonds is 8. The van der Waals surface area contributed by atoms with Crippen molar-refractivity contribution in [3.8, 4) is 5.75 Å². The summed E-state index contributed by atoms with van der Waals surface area (Å²) in [5, 5.41) is 1.72. The SMILES string of the molecule is CCC(COc1ccc(CC2SC(=O)NC2=O)cc1)N1CCOC(c2ccccc2)C1. The van der Waals surface area contributed by atoms with Crippen molar-refractivity contribution in [2.24, 2.45) is 0 Å². The fourth-order valence-corrected chi connectivity index (χ4v) is 4.87. The van der Waals surface area contributed by atoms with Gasteiger partial charge in [-0.3, -0.25) is 19.8 Å². The fourth-order valence-electron chi connectivity index (χ4n) is 4.01. The van der Waals surface area contributed by atoms with Crippen LogP contribution in [0.3, 0.4) is 0 Å². The Bertz CT molecular complexity index is 890. The van der Waals surface area contributed by atoms with Crippen LogP contribution in [-0.2, 0) is 16.0 Å². The summed E-state index contributed by atoms with van der Waals surface area (Å²) in [6, 6.07) is 18.5. The zero-order chi connectivity index (χ0) is 21.6. The monoisotopic (exact) mass is 440 g/mol. The zero-order valence-corrected chi connectivity index (χ0v) is 18.5. The molecule has 2 aromatic carbocycles.